The van der Waals surface area contributed by atoms with E-state index in [0.29, 0.717) is 29.3 Å². The standard InChI is InChI=1S/C18H18ClN3O5/c1-2-14(12-4-3-6-20-21-12)27-15-9-16-13(8-11(15)19)22(7-5-18(24)25)17(23)10-26-16/h3-4,6,8-9,14H,2,5,7,10H2,1H3,(H,24,25)/t14-/m1/s1. The number of amides is 1. The second kappa shape index (κ2) is 8.22. The van der Waals surface area contributed by atoms with Crippen LogP contribution < -0.4 is 14.4 Å². The topological polar surface area (TPSA) is 102 Å². The molecule has 27 heavy (non-hydrogen) atoms. The molecular weight excluding hydrogens is 374 g/mol. The normalized spacial score (nSPS) is 14.3. The molecule has 1 aliphatic rings. The lowest BCUT2D eigenvalue weighted by Gasteiger charge is -2.30. The number of hydrogen-bond acceptors (Lipinski definition) is 6. The van der Waals surface area contributed by atoms with Gasteiger partial charge in [0.15, 0.2) is 6.61 Å². The molecule has 0 radical (unpaired) electrons. The van der Waals surface area contributed by atoms with Crippen molar-refractivity contribution in [1.82, 2.24) is 10.2 Å². The number of aliphatic carboxylic acids is 1. The minimum atomic E-state index is -0.989. The minimum Gasteiger partial charge on any atom is -0.482 e. The highest BCUT2D eigenvalue weighted by Crippen LogP contribution is 2.41. The van der Waals surface area contributed by atoms with Crippen molar-refractivity contribution in [3.8, 4) is 11.5 Å². The van der Waals surface area contributed by atoms with Gasteiger partial charge in [0.25, 0.3) is 5.91 Å². The third-order valence-electron chi connectivity index (χ3n) is 4.07. The van der Waals surface area contributed by atoms with E-state index >= 15 is 0 Å². The van der Waals surface area contributed by atoms with Gasteiger partial charge in [0.1, 0.15) is 23.3 Å². The van der Waals surface area contributed by atoms with Crippen LogP contribution in [0.1, 0.15) is 31.6 Å². The van der Waals surface area contributed by atoms with E-state index in [9.17, 15) is 9.59 Å². The van der Waals surface area contributed by atoms with Gasteiger partial charge in [0.2, 0.25) is 0 Å². The molecule has 1 atom stereocenters. The zero-order valence-electron chi connectivity index (χ0n) is 14.6. The van der Waals surface area contributed by atoms with E-state index in [1.807, 2.05) is 13.0 Å². The first-order valence-electron chi connectivity index (χ1n) is 8.42. The summed E-state index contributed by atoms with van der Waals surface area (Å²) < 4.78 is 11.5. The molecule has 1 aliphatic heterocycles. The molecule has 0 aliphatic carbocycles. The second-order valence-electron chi connectivity index (χ2n) is 5.89. The summed E-state index contributed by atoms with van der Waals surface area (Å²) in [6, 6.07) is 6.75. The SMILES string of the molecule is CC[C@@H](Oc1cc2c(cc1Cl)N(CCC(=O)O)C(=O)CO2)c1cccnn1. The maximum atomic E-state index is 12.1. The van der Waals surface area contributed by atoms with Gasteiger partial charge in [0.05, 0.1) is 17.1 Å². The van der Waals surface area contributed by atoms with E-state index in [1.165, 1.54) is 4.90 Å². The lowest BCUT2D eigenvalue weighted by atomic mass is 10.1. The molecule has 1 amide bonds. The fourth-order valence-electron chi connectivity index (χ4n) is 2.74. The summed E-state index contributed by atoms with van der Waals surface area (Å²) in [5.41, 5.74) is 1.10. The van der Waals surface area contributed by atoms with Crippen LogP contribution in [0.15, 0.2) is 30.5 Å². The number of aromatic nitrogens is 2. The Morgan fingerprint density at radius 2 is 2.30 bits per heavy atom. The number of carbonyl (C=O) groups excluding carboxylic acids is 1. The van der Waals surface area contributed by atoms with Crippen LogP contribution in [0.3, 0.4) is 0 Å². The molecule has 9 heteroatoms. The van der Waals surface area contributed by atoms with Crippen LogP contribution in [-0.4, -0.2) is 40.3 Å². The van der Waals surface area contributed by atoms with Crippen LogP contribution in [0.2, 0.25) is 5.02 Å². The summed E-state index contributed by atoms with van der Waals surface area (Å²) in [7, 11) is 0. The van der Waals surface area contributed by atoms with Gasteiger partial charge in [-0.05, 0) is 24.6 Å². The number of carboxylic acids is 1. The van der Waals surface area contributed by atoms with Crippen molar-refractivity contribution in [2.75, 3.05) is 18.1 Å². The molecule has 0 saturated carbocycles. The molecule has 1 N–H and O–H groups in total. The number of halogens is 1. The predicted octanol–water partition coefficient (Wildman–Crippen LogP) is 2.86. The van der Waals surface area contributed by atoms with Gasteiger partial charge >= 0.3 is 5.97 Å². The number of carbonyl (C=O) groups is 2. The molecule has 3 rings (SSSR count). The van der Waals surface area contributed by atoms with Crippen molar-refractivity contribution in [3.05, 3.63) is 41.2 Å². The number of nitrogens with zero attached hydrogens (tertiary/aromatic N) is 3. The van der Waals surface area contributed by atoms with Crippen molar-refractivity contribution in [3.63, 3.8) is 0 Å². The Labute approximate surface area is 160 Å². The first-order valence-corrected chi connectivity index (χ1v) is 8.80. The Bertz CT molecular complexity index is 846. The molecule has 0 unspecified atom stereocenters. The Kier molecular flexibility index (Phi) is 5.75. The van der Waals surface area contributed by atoms with Gasteiger partial charge in [-0.25, -0.2) is 0 Å². The molecule has 1 aromatic carbocycles. The van der Waals surface area contributed by atoms with Crippen LogP contribution in [0.4, 0.5) is 5.69 Å². The Morgan fingerprint density at radius 3 is 2.96 bits per heavy atom. The second-order valence-corrected chi connectivity index (χ2v) is 6.30. The summed E-state index contributed by atoms with van der Waals surface area (Å²) in [6.07, 6.45) is 1.71. The summed E-state index contributed by atoms with van der Waals surface area (Å²) in [5.74, 6) is -0.509. The number of rotatable bonds is 7. The van der Waals surface area contributed by atoms with Crippen LogP contribution in [-0.2, 0) is 9.59 Å². The molecular formula is C18H18ClN3O5. The molecule has 142 valence electrons. The lowest BCUT2D eigenvalue weighted by molar-refractivity contribution is -0.136. The largest absolute Gasteiger partial charge is 0.482 e. The maximum absolute atomic E-state index is 12.1. The quantitative estimate of drug-likeness (QED) is 0.774. The molecule has 2 heterocycles. The first kappa shape index (κ1) is 18.9. The smallest absolute Gasteiger partial charge is 0.305 e. The molecule has 0 fully saturated rings. The summed E-state index contributed by atoms with van der Waals surface area (Å²) in [5, 5.41) is 17.1. The third-order valence-corrected chi connectivity index (χ3v) is 4.36. The predicted molar refractivity (Wildman–Crippen MR) is 97.2 cm³/mol. The van der Waals surface area contributed by atoms with Gasteiger partial charge in [-0.15, -0.1) is 0 Å². The van der Waals surface area contributed by atoms with Crippen LogP contribution >= 0.6 is 11.6 Å². The van der Waals surface area contributed by atoms with Gasteiger partial charge in [-0.3, -0.25) is 9.59 Å². The van der Waals surface area contributed by atoms with Crippen LogP contribution in [0.5, 0.6) is 11.5 Å². The number of hydrogen-bond donors (Lipinski definition) is 1. The summed E-state index contributed by atoms with van der Waals surface area (Å²) in [4.78, 5) is 24.3. The highest BCUT2D eigenvalue weighted by atomic mass is 35.5. The molecule has 8 nitrogen and oxygen atoms in total. The van der Waals surface area contributed by atoms with E-state index in [4.69, 9.17) is 26.2 Å². The fraction of sp³-hybridized carbons (Fsp3) is 0.333. The van der Waals surface area contributed by atoms with Gasteiger partial charge in [-0.2, -0.15) is 10.2 Å². The summed E-state index contributed by atoms with van der Waals surface area (Å²) in [6.45, 7) is 1.82. The van der Waals surface area contributed by atoms with Crippen molar-refractivity contribution in [2.24, 2.45) is 0 Å². The maximum Gasteiger partial charge on any atom is 0.305 e. The fourth-order valence-corrected chi connectivity index (χ4v) is 2.94. The van der Waals surface area contributed by atoms with E-state index in [2.05, 4.69) is 10.2 Å². The molecule has 0 spiro atoms. The van der Waals surface area contributed by atoms with E-state index in [1.54, 1.807) is 24.4 Å². The van der Waals surface area contributed by atoms with Gasteiger partial charge in [0, 0.05) is 18.8 Å². The third kappa shape index (κ3) is 4.28. The minimum absolute atomic E-state index is 0.0399. The van der Waals surface area contributed by atoms with Crippen molar-refractivity contribution < 1.29 is 24.2 Å². The lowest BCUT2D eigenvalue weighted by Crippen LogP contribution is -2.40. The van der Waals surface area contributed by atoms with E-state index in [-0.39, 0.29) is 36.6 Å². The Morgan fingerprint density at radius 1 is 1.48 bits per heavy atom. The monoisotopic (exact) mass is 391 g/mol. The molecule has 1 aromatic heterocycles. The van der Waals surface area contributed by atoms with E-state index in [0.717, 1.165) is 0 Å². The average molecular weight is 392 g/mol. The zero-order valence-corrected chi connectivity index (χ0v) is 15.3. The van der Waals surface area contributed by atoms with Crippen LogP contribution in [0.25, 0.3) is 0 Å². The Balaban J connectivity index is 1.87. The summed E-state index contributed by atoms with van der Waals surface area (Å²) >= 11 is 6.35. The van der Waals surface area contributed by atoms with E-state index < -0.39 is 5.97 Å². The van der Waals surface area contributed by atoms with Crippen LogP contribution in [0, 0.1) is 0 Å². The molecule has 2 aromatic rings. The number of carboxylic acid groups (broad SMARTS) is 1. The number of anilines is 1. The van der Waals surface area contributed by atoms with Crippen molar-refractivity contribution in [2.45, 2.75) is 25.9 Å². The highest BCUT2D eigenvalue weighted by Gasteiger charge is 2.28. The number of fused-ring (bicyclic) bond motifs is 1. The molecule has 0 bridgehead atoms. The van der Waals surface area contributed by atoms with Gasteiger partial charge in [-0.1, -0.05) is 18.5 Å². The van der Waals surface area contributed by atoms with Gasteiger partial charge < -0.3 is 19.5 Å². The first-order chi connectivity index (χ1) is 13.0. The zero-order chi connectivity index (χ0) is 19.4. The number of benzene rings is 1. The number of ether oxygens (including phenoxy) is 2. The Hall–Kier alpha value is -2.87. The average Bonchev–Trinajstić information content (AvgIpc) is 2.66. The highest BCUT2D eigenvalue weighted by molar-refractivity contribution is 6.32. The van der Waals surface area contributed by atoms with Crippen molar-refractivity contribution >= 4 is 29.2 Å². The molecule has 0 saturated heterocycles. The van der Waals surface area contributed by atoms with Crippen molar-refractivity contribution in [1.29, 1.82) is 0 Å².